The smallest absolute Gasteiger partial charge is 0.246 e. The predicted octanol–water partition coefficient (Wildman–Crippen LogP) is 1.08. The van der Waals surface area contributed by atoms with Crippen molar-refractivity contribution in [3.05, 3.63) is 60.2 Å². The van der Waals surface area contributed by atoms with E-state index in [4.69, 9.17) is 5.73 Å². The van der Waals surface area contributed by atoms with E-state index < -0.39 is 0 Å². The first kappa shape index (κ1) is 17.1. The van der Waals surface area contributed by atoms with Crippen molar-refractivity contribution in [1.82, 2.24) is 20.2 Å². The Morgan fingerprint density at radius 2 is 1.65 bits per heavy atom. The summed E-state index contributed by atoms with van der Waals surface area (Å²) in [6, 6.07) is 16.3. The molecule has 0 spiro atoms. The standard InChI is InChI=1S/C17H17N7O2/c18-17-21-22-23-24(17)11-16(26)20-14-8-4-7-13(10-14)19-15(25)9-12-5-2-1-3-6-12/h1-8,10H,9,11H2,(H,19,25)(H,20,26)(H2,18,21,23). The first-order valence-corrected chi connectivity index (χ1v) is 7.85. The van der Waals surface area contributed by atoms with Crippen molar-refractivity contribution in [2.24, 2.45) is 0 Å². The summed E-state index contributed by atoms with van der Waals surface area (Å²) in [5, 5.41) is 16.0. The molecule has 132 valence electrons. The SMILES string of the molecule is Nc1nnnn1CC(=O)Nc1cccc(NC(=O)Cc2ccccc2)c1. The van der Waals surface area contributed by atoms with Gasteiger partial charge in [0.15, 0.2) is 0 Å². The zero-order valence-corrected chi connectivity index (χ0v) is 13.8. The molecule has 4 N–H and O–H groups in total. The van der Waals surface area contributed by atoms with Crippen LogP contribution in [0.5, 0.6) is 0 Å². The van der Waals surface area contributed by atoms with Crippen molar-refractivity contribution < 1.29 is 9.59 Å². The highest BCUT2D eigenvalue weighted by Gasteiger charge is 2.09. The van der Waals surface area contributed by atoms with Crippen LogP contribution in [-0.4, -0.2) is 32.0 Å². The molecule has 0 aliphatic heterocycles. The molecule has 9 heteroatoms. The summed E-state index contributed by atoms with van der Waals surface area (Å²) in [7, 11) is 0. The molecule has 9 nitrogen and oxygen atoms in total. The van der Waals surface area contributed by atoms with Gasteiger partial charge in [0.2, 0.25) is 17.8 Å². The lowest BCUT2D eigenvalue weighted by Gasteiger charge is -2.09. The van der Waals surface area contributed by atoms with Crippen LogP contribution in [0, 0.1) is 0 Å². The van der Waals surface area contributed by atoms with Gasteiger partial charge < -0.3 is 16.4 Å². The highest BCUT2D eigenvalue weighted by atomic mass is 16.2. The Morgan fingerprint density at radius 3 is 2.31 bits per heavy atom. The molecule has 2 amide bonds. The van der Waals surface area contributed by atoms with Crippen LogP contribution < -0.4 is 16.4 Å². The Labute approximate surface area is 149 Å². The summed E-state index contributed by atoms with van der Waals surface area (Å²) in [5.74, 6) is -0.417. The molecule has 0 unspecified atom stereocenters. The van der Waals surface area contributed by atoms with E-state index in [2.05, 4.69) is 26.2 Å². The van der Waals surface area contributed by atoms with Crippen LogP contribution in [0.25, 0.3) is 0 Å². The molecule has 0 saturated heterocycles. The number of carbonyl (C=O) groups excluding carboxylic acids is 2. The van der Waals surface area contributed by atoms with E-state index in [1.165, 1.54) is 4.68 Å². The molecule has 3 rings (SSSR count). The average Bonchev–Trinajstić information content (AvgIpc) is 3.00. The molecule has 0 radical (unpaired) electrons. The maximum Gasteiger partial charge on any atom is 0.246 e. The van der Waals surface area contributed by atoms with Crippen LogP contribution in [0.1, 0.15) is 5.56 Å². The van der Waals surface area contributed by atoms with Gasteiger partial charge in [0.05, 0.1) is 6.42 Å². The van der Waals surface area contributed by atoms with Crippen molar-refractivity contribution in [2.45, 2.75) is 13.0 Å². The van der Waals surface area contributed by atoms with Crippen molar-refractivity contribution in [3.63, 3.8) is 0 Å². The zero-order valence-electron chi connectivity index (χ0n) is 13.8. The number of rotatable bonds is 6. The van der Waals surface area contributed by atoms with Crippen molar-refractivity contribution in [2.75, 3.05) is 16.4 Å². The van der Waals surface area contributed by atoms with Gasteiger partial charge in [0.1, 0.15) is 6.54 Å². The Bertz CT molecular complexity index is 908. The number of amides is 2. The summed E-state index contributed by atoms with van der Waals surface area (Å²) < 4.78 is 1.18. The third-order valence-electron chi connectivity index (χ3n) is 3.49. The average molecular weight is 351 g/mol. The second-order valence-corrected chi connectivity index (χ2v) is 5.53. The fourth-order valence-corrected chi connectivity index (χ4v) is 2.32. The van der Waals surface area contributed by atoms with Gasteiger partial charge in [-0.2, -0.15) is 0 Å². The van der Waals surface area contributed by atoms with E-state index in [1.807, 2.05) is 30.3 Å². The summed E-state index contributed by atoms with van der Waals surface area (Å²) in [6.07, 6.45) is 0.274. The molecule has 1 aromatic heterocycles. The Balaban J connectivity index is 1.58. The van der Waals surface area contributed by atoms with E-state index in [1.54, 1.807) is 24.3 Å². The van der Waals surface area contributed by atoms with Gasteiger partial charge in [-0.3, -0.25) is 9.59 Å². The number of hydrogen-bond donors (Lipinski definition) is 3. The van der Waals surface area contributed by atoms with Crippen LogP contribution in [0.3, 0.4) is 0 Å². The Hall–Kier alpha value is -3.75. The van der Waals surface area contributed by atoms with E-state index in [-0.39, 0.29) is 30.7 Å². The van der Waals surface area contributed by atoms with E-state index in [0.717, 1.165) is 5.56 Å². The third-order valence-corrected chi connectivity index (χ3v) is 3.49. The van der Waals surface area contributed by atoms with Crippen LogP contribution >= 0.6 is 0 Å². The van der Waals surface area contributed by atoms with Gasteiger partial charge in [-0.05, 0) is 34.2 Å². The number of tetrazole rings is 1. The summed E-state index contributed by atoms with van der Waals surface area (Å²) >= 11 is 0. The molecule has 1 heterocycles. The quantitative estimate of drug-likeness (QED) is 0.609. The topological polar surface area (TPSA) is 128 Å². The number of carbonyl (C=O) groups is 2. The van der Waals surface area contributed by atoms with E-state index in [0.29, 0.717) is 11.4 Å². The first-order valence-electron chi connectivity index (χ1n) is 7.85. The van der Waals surface area contributed by atoms with Gasteiger partial charge in [0.25, 0.3) is 0 Å². The minimum atomic E-state index is -0.336. The minimum absolute atomic E-state index is 0.0575. The lowest BCUT2D eigenvalue weighted by atomic mass is 10.1. The monoisotopic (exact) mass is 351 g/mol. The maximum atomic E-state index is 12.1. The number of nitrogens with one attached hydrogen (secondary N) is 2. The molecule has 0 aliphatic carbocycles. The molecule has 0 bridgehead atoms. The molecule has 0 aliphatic rings. The number of benzene rings is 2. The zero-order chi connectivity index (χ0) is 18.4. The molecular formula is C17H17N7O2. The summed E-state index contributed by atoms with van der Waals surface area (Å²) in [5.41, 5.74) is 7.58. The number of aromatic nitrogens is 4. The largest absolute Gasteiger partial charge is 0.367 e. The number of nitrogen functional groups attached to an aromatic ring is 1. The number of nitrogens with zero attached hydrogens (tertiary/aromatic N) is 4. The van der Waals surface area contributed by atoms with Crippen molar-refractivity contribution in [1.29, 1.82) is 0 Å². The number of hydrogen-bond acceptors (Lipinski definition) is 6. The van der Waals surface area contributed by atoms with Gasteiger partial charge in [-0.1, -0.05) is 41.5 Å². The summed E-state index contributed by atoms with van der Waals surface area (Å²) in [6.45, 7) is -0.108. The second-order valence-electron chi connectivity index (χ2n) is 5.53. The fraction of sp³-hybridized carbons (Fsp3) is 0.118. The van der Waals surface area contributed by atoms with Crippen molar-refractivity contribution >= 4 is 29.1 Å². The van der Waals surface area contributed by atoms with Gasteiger partial charge in [-0.15, -0.1) is 0 Å². The number of nitrogens with two attached hydrogens (primary N) is 1. The lowest BCUT2D eigenvalue weighted by molar-refractivity contribution is -0.117. The number of anilines is 3. The highest BCUT2D eigenvalue weighted by molar-refractivity contribution is 5.94. The van der Waals surface area contributed by atoms with Crippen LogP contribution in [0.15, 0.2) is 54.6 Å². The molecular weight excluding hydrogens is 334 g/mol. The fourth-order valence-electron chi connectivity index (χ4n) is 2.32. The van der Waals surface area contributed by atoms with Crippen LogP contribution in [0.4, 0.5) is 17.3 Å². The minimum Gasteiger partial charge on any atom is -0.367 e. The van der Waals surface area contributed by atoms with Gasteiger partial charge in [-0.25, -0.2) is 4.68 Å². The lowest BCUT2D eigenvalue weighted by Crippen LogP contribution is -2.21. The van der Waals surface area contributed by atoms with Crippen molar-refractivity contribution in [3.8, 4) is 0 Å². The first-order chi connectivity index (χ1) is 12.6. The van der Waals surface area contributed by atoms with E-state index >= 15 is 0 Å². The van der Waals surface area contributed by atoms with Crippen LogP contribution in [0.2, 0.25) is 0 Å². The Morgan fingerprint density at radius 1 is 0.962 bits per heavy atom. The Kier molecular flexibility index (Phi) is 5.18. The maximum absolute atomic E-state index is 12.1. The predicted molar refractivity (Wildman–Crippen MR) is 96.1 cm³/mol. The molecule has 26 heavy (non-hydrogen) atoms. The normalized spacial score (nSPS) is 10.3. The molecule has 3 aromatic rings. The molecule has 0 saturated carbocycles. The molecule has 0 fully saturated rings. The van der Waals surface area contributed by atoms with Gasteiger partial charge >= 0.3 is 0 Å². The molecule has 2 aromatic carbocycles. The summed E-state index contributed by atoms with van der Waals surface area (Å²) in [4.78, 5) is 24.2. The third kappa shape index (κ3) is 4.63. The second kappa shape index (κ2) is 7.88. The van der Waals surface area contributed by atoms with Crippen LogP contribution in [-0.2, 0) is 22.6 Å². The van der Waals surface area contributed by atoms with E-state index in [9.17, 15) is 9.59 Å². The molecule has 0 atom stereocenters. The highest BCUT2D eigenvalue weighted by Crippen LogP contribution is 2.16. The van der Waals surface area contributed by atoms with Gasteiger partial charge in [0, 0.05) is 11.4 Å².